The van der Waals surface area contributed by atoms with Crippen molar-refractivity contribution < 1.29 is 4.52 Å². The van der Waals surface area contributed by atoms with Crippen molar-refractivity contribution in [1.29, 1.82) is 0 Å². The fourth-order valence-corrected chi connectivity index (χ4v) is 1.70. The van der Waals surface area contributed by atoms with Crippen molar-refractivity contribution in [2.75, 3.05) is 7.05 Å². The minimum Gasteiger partial charge on any atom is -0.339 e. The molecule has 2 atom stereocenters. The number of hydrogen-bond donors (Lipinski definition) is 1. The van der Waals surface area contributed by atoms with E-state index in [0.29, 0.717) is 6.04 Å². The zero-order valence-electron chi connectivity index (χ0n) is 11.2. The highest BCUT2D eigenvalue weighted by atomic mass is 16.5. The number of hydrogen-bond acceptors (Lipinski definition) is 4. The first-order valence-electron chi connectivity index (χ1n) is 5.91. The minimum atomic E-state index is -0.0528. The fraction of sp³-hybridized carbons (Fsp3) is 0.833. The van der Waals surface area contributed by atoms with Gasteiger partial charge in [0.15, 0.2) is 5.82 Å². The molecule has 0 aliphatic carbocycles. The number of likely N-dealkylation sites (N-methyl/N-ethyl adjacent to an activating group) is 1. The smallest absolute Gasteiger partial charge is 0.231 e. The van der Waals surface area contributed by atoms with Gasteiger partial charge in [-0.2, -0.15) is 4.98 Å². The molecule has 0 amide bonds. The van der Waals surface area contributed by atoms with Gasteiger partial charge in [0.05, 0.1) is 5.92 Å². The van der Waals surface area contributed by atoms with Crippen LogP contribution in [0.15, 0.2) is 4.52 Å². The van der Waals surface area contributed by atoms with Crippen molar-refractivity contribution in [1.82, 2.24) is 15.5 Å². The second-order valence-corrected chi connectivity index (χ2v) is 5.30. The maximum atomic E-state index is 5.34. The summed E-state index contributed by atoms with van der Waals surface area (Å²) in [5, 5.41) is 7.32. The van der Waals surface area contributed by atoms with Crippen LogP contribution in [0.5, 0.6) is 0 Å². The van der Waals surface area contributed by atoms with Crippen molar-refractivity contribution in [2.45, 2.75) is 58.4 Å². The molecule has 0 radical (unpaired) electrons. The van der Waals surface area contributed by atoms with E-state index in [1.807, 2.05) is 7.05 Å². The van der Waals surface area contributed by atoms with Crippen LogP contribution in [0, 0.1) is 0 Å². The van der Waals surface area contributed by atoms with E-state index in [1.165, 1.54) is 0 Å². The first kappa shape index (κ1) is 13.2. The summed E-state index contributed by atoms with van der Waals surface area (Å²) in [6.07, 6.45) is 1.05. The van der Waals surface area contributed by atoms with E-state index in [4.69, 9.17) is 4.52 Å². The molecule has 0 spiro atoms. The molecular weight excluding hydrogens is 202 g/mol. The van der Waals surface area contributed by atoms with Crippen LogP contribution in [0.2, 0.25) is 0 Å². The van der Waals surface area contributed by atoms with Crippen molar-refractivity contribution in [3.63, 3.8) is 0 Å². The van der Waals surface area contributed by atoms with Crippen LogP contribution >= 0.6 is 0 Å². The molecule has 0 aromatic carbocycles. The summed E-state index contributed by atoms with van der Waals surface area (Å²) in [6, 6.07) is 0.383. The van der Waals surface area contributed by atoms with Gasteiger partial charge in [0.25, 0.3) is 0 Å². The van der Waals surface area contributed by atoms with Crippen LogP contribution in [-0.4, -0.2) is 23.2 Å². The van der Waals surface area contributed by atoms with Gasteiger partial charge in [0, 0.05) is 11.5 Å². The predicted molar refractivity (Wildman–Crippen MR) is 64.6 cm³/mol. The minimum absolute atomic E-state index is 0.0528. The molecule has 1 heterocycles. The number of aromatic nitrogens is 2. The third-order valence-electron chi connectivity index (χ3n) is 2.92. The molecule has 2 unspecified atom stereocenters. The quantitative estimate of drug-likeness (QED) is 0.855. The normalized spacial score (nSPS) is 16.1. The zero-order chi connectivity index (χ0) is 12.3. The van der Waals surface area contributed by atoms with Crippen LogP contribution in [0.25, 0.3) is 0 Å². The Hall–Kier alpha value is -0.900. The van der Waals surface area contributed by atoms with Gasteiger partial charge in [-0.15, -0.1) is 0 Å². The molecule has 1 aromatic rings. The molecule has 0 aliphatic rings. The standard InChI is InChI=1S/C12H23N3O/c1-7-9(13-6)8(2)10-14-11(15-16-10)12(3,4)5/h8-9,13H,7H2,1-6H3. The van der Waals surface area contributed by atoms with Gasteiger partial charge in [-0.25, -0.2) is 0 Å². The van der Waals surface area contributed by atoms with E-state index >= 15 is 0 Å². The van der Waals surface area contributed by atoms with Crippen LogP contribution in [0.3, 0.4) is 0 Å². The monoisotopic (exact) mass is 225 g/mol. The van der Waals surface area contributed by atoms with Gasteiger partial charge < -0.3 is 9.84 Å². The molecule has 1 aromatic heterocycles. The van der Waals surface area contributed by atoms with Crippen molar-refractivity contribution in [3.05, 3.63) is 11.7 Å². The molecule has 92 valence electrons. The Balaban J connectivity index is 2.85. The summed E-state index contributed by atoms with van der Waals surface area (Å²) in [5.41, 5.74) is -0.0528. The molecule has 0 saturated carbocycles. The van der Waals surface area contributed by atoms with Crippen LogP contribution in [-0.2, 0) is 5.41 Å². The predicted octanol–water partition coefficient (Wildman–Crippen LogP) is 2.47. The largest absolute Gasteiger partial charge is 0.339 e. The molecule has 0 saturated heterocycles. The van der Waals surface area contributed by atoms with Gasteiger partial charge in [0.2, 0.25) is 5.89 Å². The van der Waals surface area contributed by atoms with Gasteiger partial charge in [-0.3, -0.25) is 0 Å². The van der Waals surface area contributed by atoms with Crippen molar-refractivity contribution in [2.24, 2.45) is 0 Å². The SMILES string of the molecule is CCC(NC)C(C)c1nc(C(C)(C)C)no1. The Bertz CT molecular complexity index is 323. The maximum Gasteiger partial charge on any atom is 0.231 e. The third-order valence-corrected chi connectivity index (χ3v) is 2.92. The highest BCUT2D eigenvalue weighted by molar-refractivity contribution is 5.03. The van der Waals surface area contributed by atoms with E-state index in [-0.39, 0.29) is 11.3 Å². The molecule has 0 fully saturated rings. The van der Waals surface area contributed by atoms with Gasteiger partial charge in [-0.1, -0.05) is 39.8 Å². The van der Waals surface area contributed by atoms with Gasteiger partial charge in [-0.05, 0) is 13.5 Å². The Labute approximate surface area is 97.8 Å². The molecule has 16 heavy (non-hydrogen) atoms. The lowest BCUT2D eigenvalue weighted by molar-refractivity contribution is 0.320. The summed E-state index contributed by atoms with van der Waals surface area (Å²) in [4.78, 5) is 4.48. The third kappa shape index (κ3) is 2.82. The Morgan fingerprint density at radius 3 is 2.38 bits per heavy atom. The molecule has 4 nitrogen and oxygen atoms in total. The van der Waals surface area contributed by atoms with Gasteiger partial charge in [0.1, 0.15) is 0 Å². The lowest BCUT2D eigenvalue weighted by Crippen LogP contribution is -2.30. The summed E-state index contributed by atoms with van der Waals surface area (Å²) < 4.78 is 5.34. The van der Waals surface area contributed by atoms with Crippen LogP contribution < -0.4 is 5.32 Å². The first-order chi connectivity index (χ1) is 7.40. The van der Waals surface area contributed by atoms with E-state index in [9.17, 15) is 0 Å². The Morgan fingerprint density at radius 2 is 2.00 bits per heavy atom. The highest BCUT2D eigenvalue weighted by Crippen LogP contribution is 2.24. The van der Waals surface area contributed by atoms with Crippen molar-refractivity contribution in [3.8, 4) is 0 Å². The summed E-state index contributed by atoms with van der Waals surface area (Å²) >= 11 is 0. The second-order valence-electron chi connectivity index (χ2n) is 5.30. The highest BCUT2D eigenvalue weighted by Gasteiger charge is 2.25. The molecular formula is C12H23N3O. The lowest BCUT2D eigenvalue weighted by atomic mass is 9.95. The molecule has 0 bridgehead atoms. The lowest BCUT2D eigenvalue weighted by Gasteiger charge is -2.18. The number of nitrogens with zero attached hydrogens (tertiary/aromatic N) is 2. The van der Waals surface area contributed by atoms with Crippen LogP contribution in [0.1, 0.15) is 58.7 Å². The molecule has 1 N–H and O–H groups in total. The van der Waals surface area contributed by atoms with Crippen LogP contribution in [0.4, 0.5) is 0 Å². The first-order valence-corrected chi connectivity index (χ1v) is 5.91. The maximum absolute atomic E-state index is 5.34. The zero-order valence-corrected chi connectivity index (χ0v) is 11.2. The van der Waals surface area contributed by atoms with E-state index in [0.717, 1.165) is 18.1 Å². The van der Waals surface area contributed by atoms with E-state index in [2.05, 4.69) is 50.1 Å². The molecule has 1 rings (SSSR count). The Kier molecular flexibility index (Phi) is 4.08. The molecule has 4 heteroatoms. The number of nitrogens with one attached hydrogen (secondary N) is 1. The second kappa shape index (κ2) is 4.95. The summed E-state index contributed by atoms with van der Waals surface area (Å²) in [6.45, 7) is 10.5. The van der Waals surface area contributed by atoms with Crippen molar-refractivity contribution >= 4 is 0 Å². The Morgan fingerprint density at radius 1 is 1.38 bits per heavy atom. The van der Waals surface area contributed by atoms with Gasteiger partial charge >= 0.3 is 0 Å². The topological polar surface area (TPSA) is 51.0 Å². The number of rotatable bonds is 4. The van der Waals surface area contributed by atoms with E-state index < -0.39 is 0 Å². The summed E-state index contributed by atoms with van der Waals surface area (Å²) in [5.74, 6) is 1.75. The molecule has 0 aliphatic heterocycles. The summed E-state index contributed by atoms with van der Waals surface area (Å²) in [7, 11) is 1.96. The average molecular weight is 225 g/mol. The fourth-order valence-electron chi connectivity index (χ4n) is 1.70. The average Bonchev–Trinajstić information content (AvgIpc) is 2.67. The van der Waals surface area contributed by atoms with E-state index in [1.54, 1.807) is 0 Å².